The third-order valence-corrected chi connectivity index (χ3v) is 10.7. The van der Waals surface area contributed by atoms with Crippen LogP contribution in [0.1, 0.15) is 202 Å². The van der Waals surface area contributed by atoms with Gasteiger partial charge in [0.1, 0.15) is 0 Å². The Balaban J connectivity index is 0.000000293. The van der Waals surface area contributed by atoms with Gasteiger partial charge in [-0.1, -0.05) is 111 Å². The van der Waals surface area contributed by atoms with Crippen molar-refractivity contribution in [3.8, 4) is 0 Å². The first-order valence-corrected chi connectivity index (χ1v) is 19.5. The van der Waals surface area contributed by atoms with Gasteiger partial charge >= 0.3 is 0 Å². The summed E-state index contributed by atoms with van der Waals surface area (Å²) in [4.78, 5) is 2.89. The monoisotopic (exact) mass is 676 g/mol. The second-order valence-electron chi connectivity index (χ2n) is 13.8. The van der Waals surface area contributed by atoms with Crippen LogP contribution in [-0.2, 0) is 0 Å². The topological polar surface area (TPSA) is 51.6 Å². The third kappa shape index (κ3) is 12.7. The molecule has 0 radical (unpaired) electrons. The van der Waals surface area contributed by atoms with Gasteiger partial charge in [0.2, 0.25) is 0 Å². The lowest BCUT2D eigenvalue weighted by molar-refractivity contribution is 0.776. The van der Waals surface area contributed by atoms with E-state index in [9.17, 15) is 0 Å². The molecule has 0 bridgehead atoms. The Morgan fingerprint density at radius 2 is 0.682 bits per heavy atom. The van der Waals surface area contributed by atoms with E-state index in [0.717, 1.165) is 0 Å². The Morgan fingerprint density at radius 1 is 0.386 bits per heavy atom. The summed E-state index contributed by atoms with van der Waals surface area (Å²) < 4.78 is 17.2. The fourth-order valence-corrected chi connectivity index (χ4v) is 8.25. The largest absolute Gasteiger partial charge is 0.201 e. The molecule has 44 heavy (non-hydrogen) atoms. The van der Waals surface area contributed by atoms with E-state index in [2.05, 4.69) is 139 Å². The van der Waals surface area contributed by atoms with Gasteiger partial charge in [-0.15, -0.1) is 0 Å². The van der Waals surface area contributed by atoms with E-state index < -0.39 is 0 Å². The maximum Gasteiger partial charge on any atom is 0.0602 e. The van der Waals surface area contributed by atoms with E-state index >= 15 is 0 Å². The van der Waals surface area contributed by atoms with Gasteiger partial charge in [-0.3, -0.25) is 0 Å². The smallest absolute Gasteiger partial charge is 0.0602 e. The first kappa shape index (κ1) is 40.5. The number of nitrogens with zero attached hydrogens (tertiary/aromatic N) is 4. The van der Waals surface area contributed by atoms with Crippen molar-refractivity contribution < 1.29 is 0 Å². The molecule has 4 aromatic heterocycles. The number of hydrogen-bond acceptors (Lipinski definition) is 8. The van der Waals surface area contributed by atoms with E-state index in [-0.39, 0.29) is 0 Å². The second-order valence-corrected chi connectivity index (χ2v) is 16.8. The average molecular weight is 677 g/mol. The van der Waals surface area contributed by atoms with Crippen LogP contribution in [0.4, 0.5) is 0 Å². The normalized spacial score (nSPS) is 11.5. The van der Waals surface area contributed by atoms with Gasteiger partial charge in [-0.05, 0) is 116 Å². The SMILES string of the molecule is CC(C)c1cnsc1C(C)C.CC(C)c1cnsc1C(C)C.CC(C)c1csnc1C(C)C.CC(C)c1csnc1C(C)C. The minimum absolute atomic E-state index is 0.568. The summed E-state index contributed by atoms with van der Waals surface area (Å²) in [7, 11) is 0. The van der Waals surface area contributed by atoms with Crippen LogP contribution in [0.3, 0.4) is 0 Å². The molecule has 0 unspecified atom stereocenters. The third-order valence-electron chi connectivity index (χ3n) is 7.14. The Bertz CT molecular complexity index is 1010. The molecule has 0 aliphatic carbocycles. The van der Waals surface area contributed by atoms with Crippen molar-refractivity contribution in [2.75, 3.05) is 0 Å². The summed E-state index contributed by atoms with van der Waals surface area (Å²) in [5.41, 5.74) is 8.25. The first-order chi connectivity index (χ1) is 20.5. The van der Waals surface area contributed by atoms with Gasteiger partial charge in [0.05, 0.1) is 11.4 Å². The average Bonchev–Trinajstić information content (AvgIpc) is 3.75. The van der Waals surface area contributed by atoms with Crippen molar-refractivity contribution in [2.45, 2.75) is 158 Å². The first-order valence-electron chi connectivity index (χ1n) is 16.3. The molecular weight excluding hydrogens is 617 g/mol. The van der Waals surface area contributed by atoms with Crippen LogP contribution in [0.2, 0.25) is 0 Å². The van der Waals surface area contributed by atoms with Crippen LogP contribution in [0.5, 0.6) is 0 Å². The fourth-order valence-electron chi connectivity index (χ4n) is 4.50. The number of hydrogen-bond donors (Lipinski definition) is 0. The van der Waals surface area contributed by atoms with E-state index in [4.69, 9.17) is 0 Å². The van der Waals surface area contributed by atoms with Crippen molar-refractivity contribution in [1.82, 2.24) is 17.5 Å². The van der Waals surface area contributed by atoms with Gasteiger partial charge in [0, 0.05) is 32.9 Å². The predicted molar refractivity (Wildman–Crippen MR) is 201 cm³/mol. The Hall–Kier alpha value is -1.48. The maximum absolute atomic E-state index is 4.38. The summed E-state index contributed by atoms with van der Waals surface area (Å²) in [6.07, 6.45) is 4.01. The molecule has 248 valence electrons. The Labute approximate surface area is 286 Å². The molecule has 4 rings (SSSR count). The summed E-state index contributed by atoms with van der Waals surface area (Å²) in [5, 5.41) is 4.33. The molecule has 4 nitrogen and oxygen atoms in total. The van der Waals surface area contributed by atoms with Gasteiger partial charge < -0.3 is 0 Å². The predicted octanol–water partition coefficient (Wildman–Crippen LogP) is 13.6. The highest BCUT2D eigenvalue weighted by Gasteiger charge is 2.14. The highest BCUT2D eigenvalue weighted by Crippen LogP contribution is 2.30. The molecule has 0 spiro atoms. The minimum Gasteiger partial charge on any atom is -0.201 e. The van der Waals surface area contributed by atoms with Crippen molar-refractivity contribution in [3.63, 3.8) is 0 Å². The van der Waals surface area contributed by atoms with Crippen LogP contribution in [0, 0.1) is 0 Å². The second kappa shape index (κ2) is 19.9. The maximum atomic E-state index is 4.38. The summed E-state index contributed by atoms with van der Waals surface area (Å²) in [5.74, 6) is 4.85. The van der Waals surface area contributed by atoms with Crippen molar-refractivity contribution >= 4 is 46.1 Å². The molecular formula is C36H60N4S4. The zero-order valence-corrected chi connectivity index (χ0v) is 33.6. The van der Waals surface area contributed by atoms with Gasteiger partial charge in [0.15, 0.2) is 0 Å². The molecule has 0 aliphatic rings. The lowest BCUT2D eigenvalue weighted by atomic mass is 9.98. The van der Waals surface area contributed by atoms with Gasteiger partial charge in [-0.2, -0.15) is 8.75 Å². The molecule has 0 fully saturated rings. The molecule has 0 aliphatic heterocycles. The molecule has 0 N–H and O–H groups in total. The van der Waals surface area contributed by atoms with Crippen molar-refractivity contribution in [1.29, 1.82) is 0 Å². The van der Waals surface area contributed by atoms with Crippen LogP contribution >= 0.6 is 46.1 Å². The summed E-state index contributed by atoms with van der Waals surface area (Å²) in [6, 6.07) is 0. The van der Waals surface area contributed by atoms with E-state index in [1.54, 1.807) is 46.1 Å². The quantitative estimate of drug-likeness (QED) is 0.186. The minimum atomic E-state index is 0.568. The van der Waals surface area contributed by atoms with Crippen LogP contribution in [-0.4, -0.2) is 17.5 Å². The van der Waals surface area contributed by atoms with E-state index in [0.29, 0.717) is 47.3 Å². The molecule has 4 heterocycles. The summed E-state index contributed by atoms with van der Waals surface area (Å²) in [6.45, 7) is 35.4. The molecule has 0 saturated heterocycles. The molecule has 4 aromatic rings. The molecule has 0 amide bonds. The highest BCUT2D eigenvalue weighted by molar-refractivity contribution is 7.06. The lowest BCUT2D eigenvalue weighted by Gasteiger charge is -2.07. The van der Waals surface area contributed by atoms with Gasteiger partial charge in [-0.25, -0.2) is 8.75 Å². The van der Waals surface area contributed by atoms with Crippen LogP contribution in [0.25, 0.3) is 0 Å². The molecule has 0 aromatic carbocycles. The highest BCUT2D eigenvalue weighted by atomic mass is 32.1. The Kier molecular flexibility index (Phi) is 18.3. The van der Waals surface area contributed by atoms with Crippen LogP contribution in [0.15, 0.2) is 23.2 Å². The van der Waals surface area contributed by atoms with Crippen molar-refractivity contribution in [3.05, 3.63) is 66.5 Å². The molecule has 0 atom stereocenters. The van der Waals surface area contributed by atoms with Crippen LogP contribution < -0.4 is 0 Å². The number of rotatable bonds is 8. The molecule has 8 heteroatoms. The van der Waals surface area contributed by atoms with E-state index in [1.165, 1.54) is 43.4 Å². The number of aromatic nitrogens is 4. The fraction of sp³-hybridized carbons (Fsp3) is 0.667. The standard InChI is InChI=1S/4C9H15NS/c2*1-6(2)8-5-11-10-9(8)7(3)4;2*1-6(2)8-5-10-11-9(8)7(3)4/h4*5-7H,1-4H3. The van der Waals surface area contributed by atoms with E-state index in [1.807, 2.05) is 12.4 Å². The summed E-state index contributed by atoms with van der Waals surface area (Å²) >= 11 is 6.42. The van der Waals surface area contributed by atoms with Crippen molar-refractivity contribution in [2.24, 2.45) is 0 Å². The lowest BCUT2D eigenvalue weighted by Crippen LogP contribution is -1.95. The Morgan fingerprint density at radius 3 is 0.864 bits per heavy atom. The van der Waals surface area contributed by atoms with Gasteiger partial charge in [0.25, 0.3) is 0 Å². The molecule has 0 saturated carbocycles. The zero-order chi connectivity index (χ0) is 33.7. The zero-order valence-electron chi connectivity index (χ0n) is 30.4.